The van der Waals surface area contributed by atoms with E-state index in [1.54, 1.807) is 27.4 Å². The van der Waals surface area contributed by atoms with Crippen LogP contribution in [0.4, 0.5) is 0 Å². The minimum absolute atomic E-state index is 0.0477. The van der Waals surface area contributed by atoms with Crippen molar-refractivity contribution < 1.29 is 33.3 Å². The first-order valence-corrected chi connectivity index (χ1v) is 7.99. The summed E-state index contributed by atoms with van der Waals surface area (Å²) >= 11 is 0. The summed E-state index contributed by atoms with van der Waals surface area (Å²) in [6.07, 6.45) is 1.12. The summed E-state index contributed by atoms with van der Waals surface area (Å²) in [6, 6.07) is 3.59. The molecule has 7 nitrogen and oxygen atoms in total. The monoisotopic (exact) mass is 354 g/mol. The molecule has 7 heteroatoms. The number of carbonyl (C=O) groups is 2. The van der Waals surface area contributed by atoms with Crippen molar-refractivity contribution in [1.29, 1.82) is 0 Å². The number of benzene rings is 1. The van der Waals surface area contributed by atoms with Crippen LogP contribution in [0.3, 0.4) is 0 Å². The van der Waals surface area contributed by atoms with Gasteiger partial charge in [-0.2, -0.15) is 0 Å². The summed E-state index contributed by atoms with van der Waals surface area (Å²) in [6.45, 7) is 3.25. The van der Waals surface area contributed by atoms with Crippen molar-refractivity contribution >= 4 is 11.9 Å². The molecule has 0 saturated heterocycles. The topological polar surface area (TPSA) is 80.3 Å². The van der Waals surface area contributed by atoms with Crippen molar-refractivity contribution in [2.45, 2.75) is 32.6 Å². The minimum atomic E-state index is -0.335. The van der Waals surface area contributed by atoms with E-state index in [9.17, 15) is 9.59 Å². The second-order valence-corrected chi connectivity index (χ2v) is 5.40. The summed E-state index contributed by atoms with van der Waals surface area (Å²) in [4.78, 5) is 22.0. The lowest BCUT2D eigenvalue weighted by atomic mass is 9.91. The van der Waals surface area contributed by atoms with E-state index in [0.717, 1.165) is 5.56 Å². The van der Waals surface area contributed by atoms with Gasteiger partial charge in [-0.1, -0.05) is 0 Å². The van der Waals surface area contributed by atoms with Gasteiger partial charge in [-0.05, 0) is 24.8 Å². The molecule has 0 heterocycles. The number of esters is 2. The van der Waals surface area contributed by atoms with Crippen molar-refractivity contribution in [3.8, 4) is 17.2 Å². The molecule has 0 atom stereocenters. The van der Waals surface area contributed by atoms with Crippen molar-refractivity contribution in [3.05, 3.63) is 17.7 Å². The second kappa shape index (κ2) is 10.4. The summed E-state index contributed by atoms with van der Waals surface area (Å²) in [5, 5.41) is 0. The largest absolute Gasteiger partial charge is 0.496 e. The summed E-state index contributed by atoms with van der Waals surface area (Å²) in [5.74, 6) is 1.04. The molecular formula is C18H26O7. The van der Waals surface area contributed by atoms with E-state index in [0.29, 0.717) is 30.1 Å². The van der Waals surface area contributed by atoms with Crippen molar-refractivity contribution in [1.82, 2.24) is 0 Å². The van der Waals surface area contributed by atoms with Crippen LogP contribution in [0.5, 0.6) is 17.2 Å². The number of methoxy groups -OCH3 is 3. The smallest absolute Gasteiger partial charge is 0.302 e. The van der Waals surface area contributed by atoms with Crippen LogP contribution in [0.1, 0.15) is 38.2 Å². The first-order valence-electron chi connectivity index (χ1n) is 7.99. The normalized spacial score (nSPS) is 10.3. The number of hydrogen-bond donors (Lipinski definition) is 0. The van der Waals surface area contributed by atoms with E-state index >= 15 is 0 Å². The lowest BCUT2D eigenvalue weighted by Gasteiger charge is -2.21. The number of rotatable bonds is 10. The molecule has 0 fully saturated rings. The molecule has 1 aromatic carbocycles. The first kappa shape index (κ1) is 20.6. The van der Waals surface area contributed by atoms with E-state index in [-0.39, 0.29) is 31.1 Å². The van der Waals surface area contributed by atoms with E-state index < -0.39 is 0 Å². The van der Waals surface area contributed by atoms with Gasteiger partial charge in [0.15, 0.2) is 11.5 Å². The van der Waals surface area contributed by atoms with Gasteiger partial charge in [0.25, 0.3) is 0 Å². The predicted octanol–water partition coefficient (Wildman–Crippen LogP) is 2.70. The van der Waals surface area contributed by atoms with Gasteiger partial charge in [-0.25, -0.2) is 0 Å². The highest BCUT2D eigenvalue weighted by Crippen LogP contribution is 2.40. The Bertz CT molecular complexity index is 563. The standard InChI is InChI=1S/C18H26O7/c1-12(19)24-8-6-14(7-9-25-13(2)20)15-10-17(22-4)18(23-5)11-16(15)21-3/h10-11,14H,6-9H2,1-5H3. The predicted molar refractivity (Wildman–Crippen MR) is 91.3 cm³/mol. The van der Waals surface area contributed by atoms with Gasteiger partial charge in [0.05, 0.1) is 34.5 Å². The number of hydrogen-bond acceptors (Lipinski definition) is 7. The molecule has 0 N–H and O–H groups in total. The molecule has 0 amide bonds. The Morgan fingerprint density at radius 1 is 0.800 bits per heavy atom. The third-order valence-corrected chi connectivity index (χ3v) is 3.72. The molecule has 25 heavy (non-hydrogen) atoms. The van der Waals surface area contributed by atoms with Gasteiger partial charge in [0, 0.05) is 25.5 Å². The average molecular weight is 354 g/mol. The van der Waals surface area contributed by atoms with Gasteiger partial charge in [-0.3, -0.25) is 9.59 Å². The lowest BCUT2D eigenvalue weighted by molar-refractivity contribution is -0.141. The SMILES string of the molecule is COc1cc(OC)c(C(CCOC(C)=O)CCOC(C)=O)cc1OC. The number of carbonyl (C=O) groups excluding carboxylic acids is 2. The van der Waals surface area contributed by atoms with Crippen molar-refractivity contribution in [3.63, 3.8) is 0 Å². The molecule has 0 aliphatic heterocycles. The molecule has 1 aromatic rings. The Kier molecular flexibility index (Phi) is 8.60. The van der Waals surface area contributed by atoms with Crippen LogP contribution < -0.4 is 14.2 Å². The lowest BCUT2D eigenvalue weighted by Crippen LogP contribution is -2.12. The van der Waals surface area contributed by atoms with Gasteiger partial charge >= 0.3 is 11.9 Å². The fourth-order valence-electron chi connectivity index (χ4n) is 2.52. The average Bonchev–Trinajstić information content (AvgIpc) is 2.58. The maximum Gasteiger partial charge on any atom is 0.302 e. The molecule has 0 aliphatic carbocycles. The third kappa shape index (κ3) is 6.52. The highest BCUT2D eigenvalue weighted by Gasteiger charge is 2.21. The van der Waals surface area contributed by atoms with Crippen molar-refractivity contribution in [2.75, 3.05) is 34.5 Å². The van der Waals surface area contributed by atoms with E-state index in [1.165, 1.54) is 13.8 Å². The van der Waals surface area contributed by atoms with Gasteiger partial charge in [0.1, 0.15) is 5.75 Å². The Balaban J connectivity index is 3.07. The van der Waals surface area contributed by atoms with Crippen LogP contribution in [0.2, 0.25) is 0 Å². The molecule has 0 bridgehead atoms. The van der Waals surface area contributed by atoms with E-state index in [4.69, 9.17) is 23.7 Å². The van der Waals surface area contributed by atoms with E-state index in [2.05, 4.69) is 0 Å². The Morgan fingerprint density at radius 3 is 1.64 bits per heavy atom. The maximum atomic E-state index is 11.0. The molecule has 0 radical (unpaired) electrons. The molecular weight excluding hydrogens is 328 g/mol. The molecule has 0 saturated carbocycles. The van der Waals surface area contributed by atoms with Gasteiger partial charge in [0.2, 0.25) is 0 Å². The first-order chi connectivity index (χ1) is 11.9. The molecule has 0 aromatic heterocycles. The fraction of sp³-hybridized carbons (Fsp3) is 0.556. The van der Waals surface area contributed by atoms with E-state index in [1.807, 2.05) is 6.07 Å². The molecule has 140 valence electrons. The van der Waals surface area contributed by atoms with Crippen LogP contribution in [0, 0.1) is 0 Å². The van der Waals surface area contributed by atoms with Crippen LogP contribution in [0.25, 0.3) is 0 Å². The summed E-state index contributed by atoms with van der Waals surface area (Å²) < 4.78 is 26.2. The van der Waals surface area contributed by atoms with Crippen LogP contribution in [-0.4, -0.2) is 46.5 Å². The molecule has 1 rings (SSSR count). The summed E-state index contributed by atoms with van der Waals surface area (Å²) in [5.41, 5.74) is 0.874. The second-order valence-electron chi connectivity index (χ2n) is 5.40. The van der Waals surface area contributed by atoms with Gasteiger partial charge in [-0.15, -0.1) is 0 Å². The molecule has 0 aliphatic rings. The zero-order chi connectivity index (χ0) is 18.8. The third-order valence-electron chi connectivity index (χ3n) is 3.72. The zero-order valence-electron chi connectivity index (χ0n) is 15.4. The van der Waals surface area contributed by atoms with Crippen molar-refractivity contribution in [2.24, 2.45) is 0 Å². The Hall–Kier alpha value is -2.44. The van der Waals surface area contributed by atoms with Crippen LogP contribution in [0.15, 0.2) is 12.1 Å². The zero-order valence-corrected chi connectivity index (χ0v) is 15.4. The van der Waals surface area contributed by atoms with Crippen LogP contribution >= 0.6 is 0 Å². The maximum absolute atomic E-state index is 11.0. The number of ether oxygens (including phenoxy) is 5. The molecule has 0 unspecified atom stereocenters. The summed E-state index contributed by atoms with van der Waals surface area (Å²) in [7, 11) is 4.68. The quantitative estimate of drug-likeness (QED) is 0.598. The van der Waals surface area contributed by atoms with Crippen LogP contribution in [-0.2, 0) is 19.1 Å². The highest BCUT2D eigenvalue weighted by molar-refractivity contribution is 5.66. The Labute approximate surface area is 148 Å². The minimum Gasteiger partial charge on any atom is -0.496 e. The highest BCUT2D eigenvalue weighted by atomic mass is 16.5. The fourth-order valence-corrected chi connectivity index (χ4v) is 2.52. The van der Waals surface area contributed by atoms with Gasteiger partial charge < -0.3 is 23.7 Å². The Morgan fingerprint density at radius 2 is 1.24 bits per heavy atom. The molecule has 0 spiro atoms.